The average molecular weight is 531 g/mol. The quantitative estimate of drug-likeness (QED) is 0.440. The minimum atomic E-state index is -0.701. The summed E-state index contributed by atoms with van der Waals surface area (Å²) < 4.78 is 1.90. The number of nitrogens with zero attached hydrogens (tertiary/aromatic N) is 6. The molecular formula is C26H32Cl2N6O2. The molecule has 4 heterocycles. The van der Waals surface area contributed by atoms with Crippen molar-refractivity contribution in [3.8, 4) is 0 Å². The maximum Gasteiger partial charge on any atom is 0.303 e. The van der Waals surface area contributed by atoms with Crippen LogP contribution < -0.4 is 4.90 Å². The molecule has 2 aliphatic heterocycles. The largest absolute Gasteiger partial charge is 0.481 e. The van der Waals surface area contributed by atoms with Gasteiger partial charge in [-0.1, -0.05) is 29.3 Å². The van der Waals surface area contributed by atoms with Crippen molar-refractivity contribution in [3.05, 3.63) is 45.7 Å². The van der Waals surface area contributed by atoms with E-state index in [-0.39, 0.29) is 12.5 Å². The van der Waals surface area contributed by atoms with E-state index < -0.39 is 5.97 Å². The minimum absolute atomic E-state index is 0.126. The van der Waals surface area contributed by atoms with Gasteiger partial charge in [0, 0.05) is 41.6 Å². The molecule has 0 saturated carbocycles. The summed E-state index contributed by atoms with van der Waals surface area (Å²) >= 11 is 12.6. The minimum Gasteiger partial charge on any atom is -0.481 e. The molecule has 192 valence electrons. The van der Waals surface area contributed by atoms with E-state index in [1.807, 2.05) is 29.9 Å². The van der Waals surface area contributed by atoms with Crippen LogP contribution in [0.5, 0.6) is 0 Å². The Labute approximate surface area is 221 Å². The second-order valence-electron chi connectivity index (χ2n) is 9.96. The van der Waals surface area contributed by atoms with Gasteiger partial charge >= 0.3 is 5.97 Å². The fourth-order valence-corrected chi connectivity index (χ4v) is 6.37. The molecule has 2 aliphatic rings. The average Bonchev–Trinajstić information content (AvgIpc) is 3.46. The summed E-state index contributed by atoms with van der Waals surface area (Å²) in [5, 5.41) is 15.1. The lowest BCUT2D eigenvalue weighted by Crippen LogP contribution is -2.47. The Morgan fingerprint density at radius 3 is 2.69 bits per heavy atom. The normalized spacial score (nSPS) is 20.3. The fourth-order valence-electron chi connectivity index (χ4n) is 5.80. The lowest BCUT2D eigenvalue weighted by atomic mass is 10.0. The number of likely N-dealkylation sites (tertiary alicyclic amines) is 1. The highest BCUT2D eigenvalue weighted by atomic mass is 35.5. The summed E-state index contributed by atoms with van der Waals surface area (Å²) in [6, 6.07) is 6.29. The Hall–Kier alpha value is -2.42. The molecule has 0 aliphatic carbocycles. The standard InChI is InChI=1S/C26H32Cl2N6O2/c1-16-25-26(34(31-16)17(2)21-7-5-18(27)14-22(21)28)30-23(15-29-25)32-12-9-20(10-13-32)33-11-3-4-19(33)6-8-24(35)36/h5,7,14-15,17,19-20H,3-4,6,8-13H2,1-2H3,(H,35,36)/t17?,19-/m0/s1. The number of fused-ring (bicyclic) bond motifs is 1. The smallest absolute Gasteiger partial charge is 0.303 e. The molecule has 1 N–H and O–H groups in total. The third-order valence-corrected chi connectivity index (χ3v) is 8.27. The summed E-state index contributed by atoms with van der Waals surface area (Å²) in [4.78, 5) is 25.7. The van der Waals surface area contributed by atoms with Crippen LogP contribution in [0.4, 0.5) is 5.82 Å². The lowest BCUT2D eigenvalue weighted by Gasteiger charge is -2.39. The number of aryl methyl sites for hydroxylation is 1. The molecule has 2 saturated heterocycles. The van der Waals surface area contributed by atoms with Gasteiger partial charge in [0.25, 0.3) is 0 Å². The van der Waals surface area contributed by atoms with Crippen LogP contribution in [0.3, 0.4) is 0 Å². The Kier molecular flexibility index (Phi) is 7.37. The highest BCUT2D eigenvalue weighted by molar-refractivity contribution is 6.35. The molecule has 1 aromatic carbocycles. The molecule has 10 heteroatoms. The summed E-state index contributed by atoms with van der Waals surface area (Å²) in [5.41, 5.74) is 3.31. The number of carboxylic acid groups (broad SMARTS) is 1. The molecule has 3 aromatic rings. The van der Waals surface area contributed by atoms with Crippen LogP contribution in [-0.4, -0.2) is 67.4 Å². The van der Waals surface area contributed by atoms with Crippen molar-refractivity contribution in [2.45, 2.75) is 70.5 Å². The van der Waals surface area contributed by atoms with Crippen LogP contribution in [0, 0.1) is 6.92 Å². The molecule has 0 bridgehead atoms. The zero-order valence-electron chi connectivity index (χ0n) is 20.7. The number of rotatable bonds is 7. The van der Waals surface area contributed by atoms with Crippen LogP contribution >= 0.6 is 23.2 Å². The van der Waals surface area contributed by atoms with Crippen LogP contribution in [0.15, 0.2) is 24.4 Å². The number of halogens is 2. The van der Waals surface area contributed by atoms with Gasteiger partial charge in [0.2, 0.25) is 0 Å². The van der Waals surface area contributed by atoms with Gasteiger partial charge in [-0.2, -0.15) is 5.10 Å². The maximum atomic E-state index is 11.1. The first-order chi connectivity index (χ1) is 17.3. The second-order valence-corrected chi connectivity index (χ2v) is 10.8. The number of anilines is 1. The van der Waals surface area contributed by atoms with Crippen molar-refractivity contribution in [3.63, 3.8) is 0 Å². The summed E-state index contributed by atoms with van der Waals surface area (Å²) in [6.07, 6.45) is 7.20. The van der Waals surface area contributed by atoms with Crippen molar-refractivity contribution in [1.82, 2.24) is 24.6 Å². The molecule has 0 amide bonds. The zero-order valence-corrected chi connectivity index (χ0v) is 22.2. The Morgan fingerprint density at radius 2 is 1.97 bits per heavy atom. The number of hydrogen-bond acceptors (Lipinski definition) is 6. The van der Waals surface area contributed by atoms with Crippen LogP contribution in [-0.2, 0) is 4.79 Å². The topological polar surface area (TPSA) is 87.4 Å². The van der Waals surface area contributed by atoms with Crippen LogP contribution in [0.2, 0.25) is 10.0 Å². The van der Waals surface area contributed by atoms with Gasteiger partial charge in [-0.05, 0) is 70.2 Å². The monoisotopic (exact) mass is 530 g/mol. The zero-order chi connectivity index (χ0) is 25.4. The SMILES string of the molecule is Cc1nn(C(C)c2ccc(Cl)cc2Cl)c2nc(N3CCC(N4CCC[C@H]4CCC(=O)O)CC3)cnc12. The number of piperidine rings is 1. The van der Waals surface area contributed by atoms with Crippen LogP contribution in [0.25, 0.3) is 11.2 Å². The molecular weight excluding hydrogens is 499 g/mol. The molecule has 0 spiro atoms. The van der Waals surface area contributed by atoms with E-state index >= 15 is 0 Å². The number of aromatic nitrogens is 4. The molecule has 8 nitrogen and oxygen atoms in total. The van der Waals surface area contributed by atoms with E-state index in [2.05, 4.69) is 16.7 Å². The van der Waals surface area contributed by atoms with E-state index in [0.717, 1.165) is 80.0 Å². The summed E-state index contributed by atoms with van der Waals surface area (Å²) in [7, 11) is 0. The maximum absolute atomic E-state index is 11.1. The highest BCUT2D eigenvalue weighted by Gasteiger charge is 2.33. The van der Waals surface area contributed by atoms with E-state index in [1.54, 1.807) is 6.07 Å². The summed E-state index contributed by atoms with van der Waals surface area (Å²) in [5.74, 6) is 0.160. The van der Waals surface area contributed by atoms with Crippen molar-refractivity contribution in [1.29, 1.82) is 0 Å². The predicted molar refractivity (Wildman–Crippen MR) is 142 cm³/mol. The molecule has 5 rings (SSSR count). The third kappa shape index (κ3) is 5.04. The fraction of sp³-hybridized carbons (Fsp3) is 0.538. The molecule has 2 fully saturated rings. The van der Waals surface area contributed by atoms with Gasteiger partial charge in [-0.25, -0.2) is 14.6 Å². The van der Waals surface area contributed by atoms with E-state index in [9.17, 15) is 4.79 Å². The summed E-state index contributed by atoms with van der Waals surface area (Å²) in [6.45, 7) is 6.88. The molecule has 1 unspecified atom stereocenters. The van der Waals surface area contributed by atoms with Crippen LogP contribution in [0.1, 0.15) is 62.7 Å². The van der Waals surface area contributed by atoms with E-state index in [4.69, 9.17) is 43.4 Å². The first kappa shape index (κ1) is 25.2. The second kappa shape index (κ2) is 10.5. The van der Waals surface area contributed by atoms with Crippen molar-refractivity contribution in [2.75, 3.05) is 24.5 Å². The van der Waals surface area contributed by atoms with Gasteiger partial charge < -0.3 is 10.0 Å². The number of hydrogen-bond donors (Lipinski definition) is 1. The number of benzene rings is 1. The third-order valence-electron chi connectivity index (χ3n) is 7.71. The first-order valence-electron chi connectivity index (χ1n) is 12.7. The Balaban J connectivity index is 1.32. The number of carbonyl (C=O) groups is 1. The van der Waals surface area contributed by atoms with Crippen molar-refractivity contribution < 1.29 is 9.90 Å². The van der Waals surface area contributed by atoms with Gasteiger partial charge in [0.1, 0.15) is 11.3 Å². The van der Waals surface area contributed by atoms with E-state index in [0.29, 0.717) is 22.1 Å². The molecule has 0 radical (unpaired) electrons. The number of carboxylic acids is 1. The first-order valence-corrected chi connectivity index (χ1v) is 13.5. The lowest BCUT2D eigenvalue weighted by molar-refractivity contribution is -0.137. The van der Waals surface area contributed by atoms with Gasteiger partial charge in [0.05, 0.1) is 17.9 Å². The Bertz CT molecular complexity index is 1260. The Morgan fingerprint density at radius 1 is 1.19 bits per heavy atom. The molecule has 36 heavy (non-hydrogen) atoms. The van der Waals surface area contributed by atoms with Gasteiger partial charge in [-0.3, -0.25) is 9.69 Å². The van der Waals surface area contributed by atoms with Crippen molar-refractivity contribution in [2.24, 2.45) is 0 Å². The van der Waals surface area contributed by atoms with E-state index in [1.165, 1.54) is 0 Å². The predicted octanol–water partition coefficient (Wildman–Crippen LogP) is 5.35. The highest BCUT2D eigenvalue weighted by Crippen LogP contribution is 2.32. The molecule has 2 atom stereocenters. The number of aliphatic carboxylic acids is 1. The van der Waals surface area contributed by atoms with Gasteiger partial charge in [0.15, 0.2) is 5.65 Å². The van der Waals surface area contributed by atoms with Gasteiger partial charge in [-0.15, -0.1) is 0 Å². The molecule has 2 aromatic heterocycles. The van der Waals surface area contributed by atoms with Crippen molar-refractivity contribution >= 4 is 46.2 Å².